The molecule has 5 heteroatoms. The van der Waals surface area contributed by atoms with Crippen LogP contribution in [0.3, 0.4) is 0 Å². The van der Waals surface area contributed by atoms with Crippen molar-refractivity contribution >= 4 is 32.6 Å². The smallest absolute Gasteiger partial charge is 0.258 e. The normalized spacial score (nSPS) is 10.5. The zero-order chi connectivity index (χ0) is 12.4. The van der Waals surface area contributed by atoms with Gasteiger partial charge in [0.1, 0.15) is 6.54 Å². The summed E-state index contributed by atoms with van der Waals surface area (Å²) in [7, 11) is 1.55. The molecule has 0 spiro atoms. The molecule has 0 radical (unpaired) electrons. The molecule has 1 aromatic carbocycles. The van der Waals surface area contributed by atoms with Gasteiger partial charge in [0.25, 0.3) is 5.56 Å². The number of likely N-dealkylation sites (N-methyl/N-ethyl adjacent to an activating group) is 1. The Morgan fingerprint density at radius 2 is 2.18 bits per heavy atom. The minimum absolute atomic E-state index is 0.0430. The first-order chi connectivity index (χ1) is 8.11. The molecule has 1 amide bonds. The molecule has 1 aromatic heterocycles. The van der Waals surface area contributed by atoms with Crippen molar-refractivity contribution in [1.82, 2.24) is 9.88 Å². The Bertz CT molecular complexity index is 634. The van der Waals surface area contributed by atoms with E-state index in [0.717, 1.165) is 9.86 Å². The maximum Gasteiger partial charge on any atom is 0.258 e. The quantitative estimate of drug-likeness (QED) is 0.913. The fourth-order valence-corrected chi connectivity index (χ4v) is 2.00. The molecule has 2 rings (SSSR count). The van der Waals surface area contributed by atoms with Crippen LogP contribution in [-0.4, -0.2) is 17.5 Å². The second-order valence-corrected chi connectivity index (χ2v) is 4.57. The summed E-state index contributed by atoms with van der Waals surface area (Å²) in [5.41, 5.74) is -0.154. The summed E-state index contributed by atoms with van der Waals surface area (Å²) in [6.45, 7) is 0.0430. The number of hydrogen-bond acceptors (Lipinski definition) is 2. The number of fused-ring (bicyclic) bond motifs is 1. The predicted molar refractivity (Wildman–Crippen MR) is 70.0 cm³/mol. The molecule has 1 N–H and O–H groups in total. The average molecular weight is 295 g/mol. The van der Waals surface area contributed by atoms with Gasteiger partial charge in [-0.15, -0.1) is 0 Å². The minimum Gasteiger partial charge on any atom is -0.358 e. The van der Waals surface area contributed by atoms with Crippen molar-refractivity contribution in [1.29, 1.82) is 0 Å². The Balaban J connectivity index is 2.54. The van der Waals surface area contributed by atoms with E-state index in [0.29, 0.717) is 5.39 Å². The summed E-state index contributed by atoms with van der Waals surface area (Å²) >= 11 is 3.35. The molecule has 0 aliphatic rings. The lowest BCUT2D eigenvalue weighted by Crippen LogP contribution is -2.29. The average Bonchev–Trinajstić information content (AvgIpc) is 2.32. The first-order valence-electron chi connectivity index (χ1n) is 5.11. The van der Waals surface area contributed by atoms with Gasteiger partial charge in [-0.3, -0.25) is 9.59 Å². The first-order valence-corrected chi connectivity index (χ1v) is 5.90. The van der Waals surface area contributed by atoms with Gasteiger partial charge in [0.05, 0.1) is 0 Å². The molecule has 0 aliphatic heterocycles. The molecule has 0 bridgehead atoms. The summed E-state index contributed by atoms with van der Waals surface area (Å²) in [4.78, 5) is 23.3. The van der Waals surface area contributed by atoms with Crippen molar-refractivity contribution in [2.75, 3.05) is 7.05 Å². The van der Waals surface area contributed by atoms with Crippen molar-refractivity contribution in [3.63, 3.8) is 0 Å². The van der Waals surface area contributed by atoms with Gasteiger partial charge in [-0.25, -0.2) is 0 Å². The molecule has 4 nitrogen and oxygen atoms in total. The highest BCUT2D eigenvalue weighted by Gasteiger charge is 2.05. The lowest BCUT2D eigenvalue weighted by Gasteiger charge is -2.06. The van der Waals surface area contributed by atoms with Crippen molar-refractivity contribution in [3.05, 3.63) is 45.3 Å². The van der Waals surface area contributed by atoms with Crippen LogP contribution in [-0.2, 0) is 11.3 Å². The third-order valence-corrected chi connectivity index (χ3v) is 3.02. The molecule has 0 saturated carbocycles. The highest BCUT2D eigenvalue weighted by molar-refractivity contribution is 9.10. The molecule has 88 valence electrons. The SMILES string of the molecule is CNC(=O)Cn1ccc2cc(Br)ccc2c1=O. The predicted octanol–water partition coefficient (Wildman–Crippen LogP) is 1.51. The van der Waals surface area contributed by atoms with Crippen LogP contribution in [0.15, 0.2) is 39.7 Å². The zero-order valence-electron chi connectivity index (χ0n) is 9.24. The number of nitrogens with zero attached hydrogens (tertiary/aromatic N) is 1. The number of nitrogens with one attached hydrogen (secondary N) is 1. The number of halogens is 1. The van der Waals surface area contributed by atoms with Gasteiger partial charge in [0, 0.05) is 23.1 Å². The number of carbonyl (C=O) groups is 1. The van der Waals surface area contributed by atoms with Gasteiger partial charge < -0.3 is 9.88 Å². The third kappa shape index (κ3) is 2.39. The summed E-state index contributed by atoms with van der Waals surface area (Å²) in [6.07, 6.45) is 1.63. The zero-order valence-corrected chi connectivity index (χ0v) is 10.8. The molecule has 17 heavy (non-hydrogen) atoms. The number of carbonyl (C=O) groups excluding carboxylic acids is 1. The van der Waals surface area contributed by atoms with Crippen LogP contribution < -0.4 is 10.9 Å². The van der Waals surface area contributed by atoms with Gasteiger partial charge in [-0.1, -0.05) is 15.9 Å². The van der Waals surface area contributed by atoms with E-state index in [1.807, 2.05) is 18.2 Å². The fraction of sp³-hybridized carbons (Fsp3) is 0.167. The van der Waals surface area contributed by atoms with Gasteiger partial charge in [0.15, 0.2) is 0 Å². The van der Waals surface area contributed by atoms with Gasteiger partial charge in [-0.2, -0.15) is 0 Å². The van der Waals surface area contributed by atoms with Crippen LogP contribution in [0.2, 0.25) is 0 Å². The number of aromatic nitrogens is 1. The molecule has 0 unspecified atom stereocenters. The third-order valence-electron chi connectivity index (χ3n) is 2.53. The van der Waals surface area contributed by atoms with E-state index < -0.39 is 0 Å². The number of benzene rings is 1. The van der Waals surface area contributed by atoms with Crippen LogP contribution in [0, 0.1) is 0 Å². The highest BCUT2D eigenvalue weighted by Crippen LogP contribution is 2.16. The standard InChI is InChI=1S/C12H11BrN2O2/c1-14-11(16)7-15-5-4-8-6-9(13)2-3-10(8)12(15)17/h2-6H,7H2,1H3,(H,14,16). The molecule has 0 fully saturated rings. The van der Waals surface area contributed by atoms with Crippen LogP contribution in [0.25, 0.3) is 10.8 Å². The van der Waals surface area contributed by atoms with E-state index in [4.69, 9.17) is 0 Å². The molecule has 0 saturated heterocycles. The van der Waals surface area contributed by atoms with Gasteiger partial charge >= 0.3 is 0 Å². The number of amides is 1. The van der Waals surface area contributed by atoms with Crippen molar-refractivity contribution in [2.45, 2.75) is 6.54 Å². The summed E-state index contributed by atoms with van der Waals surface area (Å²) in [6, 6.07) is 7.27. The Morgan fingerprint density at radius 1 is 1.41 bits per heavy atom. The monoisotopic (exact) mass is 294 g/mol. The molecule has 1 heterocycles. The number of hydrogen-bond donors (Lipinski definition) is 1. The fourth-order valence-electron chi connectivity index (χ4n) is 1.62. The van der Waals surface area contributed by atoms with E-state index in [1.54, 1.807) is 19.3 Å². The van der Waals surface area contributed by atoms with Crippen molar-refractivity contribution < 1.29 is 4.79 Å². The lowest BCUT2D eigenvalue weighted by molar-refractivity contribution is -0.121. The van der Waals surface area contributed by atoms with Crippen LogP contribution in [0.5, 0.6) is 0 Å². The topological polar surface area (TPSA) is 51.1 Å². The number of pyridine rings is 1. The Kier molecular flexibility index (Phi) is 3.28. The molecule has 0 aliphatic carbocycles. The van der Waals surface area contributed by atoms with Crippen LogP contribution in [0.1, 0.15) is 0 Å². The second kappa shape index (κ2) is 4.71. The van der Waals surface area contributed by atoms with Crippen molar-refractivity contribution in [2.24, 2.45) is 0 Å². The van der Waals surface area contributed by atoms with Gasteiger partial charge in [0.2, 0.25) is 5.91 Å². The van der Waals surface area contributed by atoms with Crippen LogP contribution in [0.4, 0.5) is 0 Å². The Morgan fingerprint density at radius 3 is 2.88 bits per heavy atom. The van der Waals surface area contributed by atoms with E-state index >= 15 is 0 Å². The lowest BCUT2D eigenvalue weighted by atomic mass is 10.2. The first kappa shape index (κ1) is 11.9. The maximum atomic E-state index is 12.1. The van der Waals surface area contributed by atoms with Crippen LogP contribution >= 0.6 is 15.9 Å². The summed E-state index contributed by atoms with van der Waals surface area (Å²) < 4.78 is 2.32. The van der Waals surface area contributed by atoms with Gasteiger partial charge in [-0.05, 0) is 29.7 Å². The van der Waals surface area contributed by atoms with E-state index in [2.05, 4.69) is 21.2 Å². The second-order valence-electron chi connectivity index (χ2n) is 3.65. The molecule has 0 atom stereocenters. The highest BCUT2D eigenvalue weighted by atomic mass is 79.9. The maximum absolute atomic E-state index is 12.1. The van der Waals surface area contributed by atoms with E-state index in [-0.39, 0.29) is 18.0 Å². The molecule has 2 aromatic rings. The van der Waals surface area contributed by atoms with Crippen molar-refractivity contribution in [3.8, 4) is 0 Å². The molecular weight excluding hydrogens is 284 g/mol. The Hall–Kier alpha value is -1.62. The largest absolute Gasteiger partial charge is 0.358 e. The summed E-state index contributed by atoms with van der Waals surface area (Å²) in [5.74, 6) is -0.191. The van der Waals surface area contributed by atoms with E-state index in [1.165, 1.54) is 4.57 Å². The number of rotatable bonds is 2. The molecular formula is C12H11BrN2O2. The Labute approximate surface area is 106 Å². The van der Waals surface area contributed by atoms with E-state index in [9.17, 15) is 9.59 Å². The minimum atomic E-state index is -0.191. The summed E-state index contributed by atoms with van der Waals surface area (Å²) in [5, 5.41) is 3.96.